The molecule has 1 aliphatic heterocycles. The van der Waals surface area contributed by atoms with Crippen LogP contribution in [-0.4, -0.2) is 59.9 Å². The van der Waals surface area contributed by atoms with Crippen LogP contribution < -0.4 is 4.74 Å². The second-order valence-electron chi connectivity index (χ2n) is 8.54. The first kappa shape index (κ1) is 26.1. The van der Waals surface area contributed by atoms with Crippen LogP contribution in [0.5, 0.6) is 5.75 Å². The largest absolute Gasteiger partial charge is 0.503 e. The van der Waals surface area contributed by atoms with Gasteiger partial charge in [0.1, 0.15) is 0 Å². The van der Waals surface area contributed by atoms with Gasteiger partial charge in [-0.05, 0) is 55.9 Å². The summed E-state index contributed by atoms with van der Waals surface area (Å²) >= 11 is 12.4. The number of fused-ring (bicyclic) bond motifs is 1. The van der Waals surface area contributed by atoms with Crippen LogP contribution in [-0.2, 0) is 4.79 Å². The molecule has 9 heteroatoms. The SMILES string of the molecule is CCN(CC)CCCN1C(=O)C(O)=C(C(=O)c2cc3cccc(OC)c3o2)C1c1ccc(Cl)c(Cl)c1. The van der Waals surface area contributed by atoms with Gasteiger partial charge in [-0.1, -0.05) is 55.2 Å². The second kappa shape index (κ2) is 10.9. The Kier molecular flexibility index (Phi) is 7.93. The topological polar surface area (TPSA) is 83.2 Å². The van der Waals surface area contributed by atoms with E-state index in [1.54, 1.807) is 42.5 Å². The van der Waals surface area contributed by atoms with Gasteiger partial charge in [0.05, 0.1) is 28.8 Å². The second-order valence-corrected chi connectivity index (χ2v) is 9.35. The summed E-state index contributed by atoms with van der Waals surface area (Å²) in [5.41, 5.74) is 0.927. The van der Waals surface area contributed by atoms with E-state index in [2.05, 4.69) is 18.7 Å². The first-order valence-corrected chi connectivity index (χ1v) is 12.6. The lowest BCUT2D eigenvalue weighted by atomic mass is 9.95. The van der Waals surface area contributed by atoms with Crippen LogP contribution in [0.25, 0.3) is 11.0 Å². The number of nitrogens with zero attached hydrogens (tertiary/aromatic N) is 2. The van der Waals surface area contributed by atoms with Crippen LogP contribution in [0.1, 0.15) is 42.4 Å². The smallest absolute Gasteiger partial charge is 0.290 e. The van der Waals surface area contributed by atoms with E-state index in [1.165, 1.54) is 12.0 Å². The number of rotatable bonds is 10. The number of para-hydroxylation sites is 1. The normalized spacial score (nSPS) is 16.0. The molecule has 1 aromatic heterocycles. The molecule has 36 heavy (non-hydrogen) atoms. The average molecular weight is 531 g/mol. The Morgan fingerprint density at radius 1 is 1.14 bits per heavy atom. The third-order valence-electron chi connectivity index (χ3n) is 6.53. The van der Waals surface area contributed by atoms with Crippen molar-refractivity contribution in [3.05, 3.63) is 75.2 Å². The lowest BCUT2D eigenvalue weighted by Crippen LogP contribution is -2.34. The Morgan fingerprint density at radius 3 is 2.56 bits per heavy atom. The van der Waals surface area contributed by atoms with Crippen molar-refractivity contribution < 1.29 is 23.8 Å². The van der Waals surface area contributed by atoms with E-state index < -0.39 is 23.5 Å². The fourth-order valence-corrected chi connectivity index (χ4v) is 4.90. The number of ether oxygens (including phenoxy) is 1. The van der Waals surface area contributed by atoms with Crippen LogP contribution in [0.4, 0.5) is 0 Å². The van der Waals surface area contributed by atoms with Gasteiger partial charge in [-0.3, -0.25) is 9.59 Å². The Bertz CT molecular complexity index is 1330. The van der Waals surface area contributed by atoms with Gasteiger partial charge in [-0.25, -0.2) is 0 Å². The molecule has 4 rings (SSSR count). The summed E-state index contributed by atoms with van der Waals surface area (Å²) in [6.45, 7) is 7.06. The molecule has 1 N–H and O–H groups in total. The predicted octanol–water partition coefficient (Wildman–Crippen LogP) is 6.06. The molecule has 3 aromatic rings. The van der Waals surface area contributed by atoms with E-state index in [-0.39, 0.29) is 16.4 Å². The van der Waals surface area contributed by atoms with Crippen LogP contribution >= 0.6 is 23.2 Å². The van der Waals surface area contributed by atoms with E-state index in [4.69, 9.17) is 32.4 Å². The number of carbonyl (C=O) groups is 2. The number of benzene rings is 2. The summed E-state index contributed by atoms with van der Waals surface area (Å²) in [5.74, 6) is -1.30. The molecule has 7 nitrogen and oxygen atoms in total. The van der Waals surface area contributed by atoms with Crippen molar-refractivity contribution in [1.29, 1.82) is 0 Å². The Labute approximate surface area is 219 Å². The Morgan fingerprint density at radius 2 is 1.89 bits per heavy atom. The number of hydrogen-bond donors (Lipinski definition) is 1. The van der Waals surface area contributed by atoms with Crippen molar-refractivity contribution >= 4 is 45.9 Å². The van der Waals surface area contributed by atoms with Crippen molar-refractivity contribution in [2.75, 3.05) is 33.3 Å². The molecule has 2 heterocycles. The highest BCUT2D eigenvalue weighted by Gasteiger charge is 2.44. The van der Waals surface area contributed by atoms with Gasteiger partial charge < -0.3 is 24.1 Å². The number of aliphatic hydroxyl groups excluding tert-OH is 1. The van der Waals surface area contributed by atoms with Crippen LogP contribution in [0.3, 0.4) is 0 Å². The number of amides is 1. The van der Waals surface area contributed by atoms with E-state index in [9.17, 15) is 14.7 Å². The summed E-state index contributed by atoms with van der Waals surface area (Å²) in [6, 6.07) is 11.0. The minimum atomic E-state index is -0.841. The number of furan rings is 1. The molecular weight excluding hydrogens is 503 g/mol. The van der Waals surface area contributed by atoms with E-state index >= 15 is 0 Å². The van der Waals surface area contributed by atoms with Gasteiger partial charge in [-0.2, -0.15) is 0 Å². The van der Waals surface area contributed by atoms with Gasteiger partial charge in [0.25, 0.3) is 5.91 Å². The Hall–Kier alpha value is -3.00. The maximum atomic E-state index is 13.7. The van der Waals surface area contributed by atoms with Gasteiger partial charge >= 0.3 is 0 Å². The molecule has 0 aliphatic carbocycles. The van der Waals surface area contributed by atoms with Crippen molar-refractivity contribution in [3.8, 4) is 5.75 Å². The maximum absolute atomic E-state index is 13.7. The van der Waals surface area contributed by atoms with Crippen molar-refractivity contribution in [1.82, 2.24) is 9.80 Å². The molecule has 1 aliphatic rings. The lowest BCUT2D eigenvalue weighted by molar-refractivity contribution is -0.129. The molecule has 1 atom stereocenters. The fraction of sp³-hybridized carbons (Fsp3) is 0.333. The molecule has 190 valence electrons. The Balaban J connectivity index is 1.74. The quantitative estimate of drug-likeness (QED) is 0.321. The fourth-order valence-electron chi connectivity index (χ4n) is 4.59. The number of aliphatic hydroxyl groups is 1. The van der Waals surface area contributed by atoms with E-state index in [1.807, 2.05) is 0 Å². The van der Waals surface area contributed by atoms with Gasteiger partial charge in [0, 0.05) is 11.9 Å². The summed E-state index contributed by atoms with van der Waals surface area (Å²) in [7, 11) is 1.51. The van der Waals surface area contributed by atoms with Crippen LogP contribution in [0.2, 0.25) is 10.0 Å². The van der Waals surface area contributed by atoms with Gasteiger partial charge in [-0.15, -0.1) is 0 Å². The number of Topliss-reactive ketones (excluding diaryl/α,β-unsaturated/α-hetero) is 1. The minimum absolute atomic E-state index is 0.00102. The molecular formula is C27H28Cl2N2O5. The highest BCUT2D eigenvalue weighted by atomic mass is 35.5. The van der Waals surface area contributed by atoms with E-state index in [0.29, 0.717) is 40.3 Å². The minimum Gasteiger partial charge on any atom is -0.503 e. The lowest BCUT2D eigenvalue weighted by Gasteiger charge is -2.28. The molecule has 0 saturated heterocycles. The number of carbonyl (C=O) groups excluding carboxylic acids is 2. The zero-order valence-electron chi connectivity index (χ0n) is 20.4. The summed E-state index contributed by atoms with van der Waals surface area (Å²) < 4.78 is 11.2. The van der Waals surface area contributed by atoms with Crippen LogP contribution in [0.15, 0.2) is 58.2 Å². The van der Waals surface area contributed by atoms with Gasteiger partial charge in [0.2, 0.25) is 5.78 Å². The summed E-state index contributed by atoms with van der Waals surface area (Å²) in [6.07, 6.45) is 0.668. The molecule has 0 fully saturated rings. The average Bonchev–Trinajstić information content (AvgIpc) is 3.43. The highest BCUT2D eigenvalue weighted by molar-refractivity contribution is 6.42. The van der Waals surface area contributed by atoms with Crippen molar-refractivity contribution in [2.45, 2.75) is 26.3 Å². The zero-order valence-corrected chi connectivity index (χ0v) is 21.9. The molecule has 0 saturated carbocycles. The predicted molar refractivity (Wildman–Crippen MR) is 140 cm³/mol. The molecule has 2 aromatic carbocycles. The third-order valence-corrected chi connectivity index (χ3v) is 7.27. The highest BCUT2D eigenvalue weighted by Crippen LogP contribution is 2.41. The first-order chi connectivity index (χ1) is 17.3. The number of halogens is 2. The number of ketones is 1. The number of methoxy groups -OCH3 is 1. The van der Waals surface area contributed by atoms with E-state index in [0.717, 1.165) is 19.6 Å². The van der Waals surface area contributed by atoms with Crippen molar-refractivity contribution in [2.24, 2.45) is 0 Å². The first-order valence-electron chi connectivity index (χ1n) is 11.8. The molecule has 0 bridgehead atoms. The van der Waals surface area contributed by atoms with Crippen LogP contribution in [0, 0.1) is 0 Å². The maximum Gasteiger partial charge on any atom is 0.290 e. The third kappa shape index (κ3) is 4.83. The molecule has 1 unspecified atom stereocenters. The molecule has 0 spiro atoms. The van der Waals surface area contributed by atoms with Gasteiger partial charge in [0.15, 0.2) is 22.9 Å². The molecule has 0 radical (unpaired) electrons. The number of hydrogen-bond acceptors (Lipinski definition) is 6. The standard InChI is InChI=1S/C27H28Cl2N2O5/c1-4-30(5-2)12-7-13-31-23(16-10-11-18(28)19(29)14-16)22(25(33)27(31)34)24(32)21-15-17-8-6-9-20(35-3)26(17)36-21/h6,8-11,14-15,23,33H,4-5,7,12-13H2,1-3H3. The summed E-state index contributed by atoms with van der Waals surface area (Å²) in [5, 5.41) is 12.2. The monoisotopic (exact) mass is 530 g/mol. The zero-order chi connectivity index (χ0) is 26.0. The summed E-state index contributed by atoms with van der Waals surface area (Å²) in [4.78, 5) is 30.7. The molecule has 1 amide bonds. The van der Waals surface area contributed by atoms with Crippen molar-refractivity contribution in [3.63, 3.8) is 0 Å².